The van der Waals surface area contributed by atoms with E-state index in [0.717, 1.165) is 22.4 Å². The zero-order valence-electron chi connectivity index (χ0n) is 11.9. The fraction of sp³-hybridized carbons (Fsp3) is 0.400. The first-order chi connectivity index (χ1) is 8.91. The predicted molar refractivity (Wildman–Crippen MR) is 78.3 cm³/mol. The van der Waals surface area contributed by atoms with E-state index >= 15 is 0 Å². The Bertz CT molecular complexity index is 585. The van der Waals surface area contributed by atoms with Gasteiger partial charge in [-0.1, -0.05) is 39.8 Å². The van der Waals surface area contributed by atoms with E-state index < -0.39 is 0 Å². The molecule has 4 N–H and O–H groups in total. The molecule has 0 radical (unpaired) electrons. The highest BCUT2D eigenvalue weighted by Crippen LogP contribution is 2.40. The predicted octanol–water partition coefficient (Wildman–Crippen LogP) is 3.61. The number of nitrogen functional groups attached to an aromatic ring is 1. The molecule has 102 valence electrons. The van der Waals surface area contributed by atoms with Crippen molar-refractivity contribution in [3.05, 3.63) is 29.3 Å². The number of rotatable bonds is 3. The molecular weight excluding hydrogens is 238 g/mol. The summed E-state index contributed by atoms with van der Waals surface area (Å²) in [6.45, 7) is 8.34. The van der Waals surface area contributed by atoms with Crippen molar-refractivity contribution < 1.29 is 5.11 Å². The Morgan fingerprint density at radius 3 is 2.16 bits per heavy atom. The number of nitrogens with zero attached hydrogens (tertiary/aromatic N) is 1. The van der Waals surface area contributed by atoms with Crippen LogP contribution < -0.4 is 5.73 Å². The molecule has 0 amide bonds. The number of nitrogens with two attached hydrogens (primary N) is 1. The van der Waals surface area contributed by atoms with Gasteiger partial charge in [0, 0.05) is 11.6 Å². The number of aromatic amines is 1. The SMILES string of the molecule is CC(C)c1ccc(C(C)C)c(-c2cc(N)n[nH]2)c1O. The van der Waals surface area contributed by atoms with Gasteiger partial charge in [-0.3, -0.25) is 5.10 Å². The smallest absolute Gasteiger partial charge is 0.145 e. The van der Waals surface area contributed by atoms with E-state index in [4.69, 9.17) is 5.73 Å². The van der Waals surface area contributed by atoms with Crippen LogP contribution in [0.2, 0.25) is 0 Å². The van der Waals surface area contributed by atoms with Gasteiger partial charge in [-0.25, -0.2) is 0 Å². The third kappa shape index (κ3) is 2.43. The number of H-pyrrole nitrogens is 1. The molecule has 0 atom stereocenters. The van der Waals surface area contributed by atoms with Crippen LogP contribution in [0.5, 0.6) is 5.75 Å². The summed E-state index contributed by atoms with van der Waals surface area (Å²) in [5, 5.41) is 17.4. The number of aromatic nitrogens is 2. The summed E-state index contributed by atoms with van der Waals surface area (Å²) in [7, 11) is 0. The summed E-state index contributed by atoms with van der Waals surface area (Å²) in [5.41, 5.74) is 9.27. The van der Waals surface area contributed by atoms with Gasteiger partial charge >= 0.3 is 0 Å². The molecule has 0 saturated heterocycles. The van der Waals surface area contributed by atoms with Gasteiger partial charge in [0.15, 0.2) is 0 Å². The first-order valence-corrected chi connectivity index (χ1v) is 6.58. The van der Waals surface area contributed by atoms with Crippen LogP contribution in [0.1, 0.15) is 50.7 Å². The molecule has 1 heterocycles. The molecule has 0 unspecified atom stereocenters. The van der Waals surface area contributed by atoms with Crippen LogP contribution in [0.4, 0.5) is 5.82 Å². The fourth-order valence-corrected chi connectivity index (χ4v) is 2.32. The molecule has 0 bridgehead atoms. The van der Waals surface area contributed by atoms with Crippen molar-refractivity contribution in [3.8, 4) is 17.0 Å². The molecule has 0 fully saturated rings. The van der Waals surface area contributed by atoms with Crippen LogP contribution >= 0.6 is 0 Å². The number of phenolic OH excluding ortho intramolecular Hbond substituents is 1. The largest absolute Gasteiger partial charge is 0.507 e. The number of benzene rings is 1. The second-order valence-electron chi connectivity index (χ2n) is 5.48. The number of phenols is 1. The van der Waals surface area contributed by atoms with E-state index in [1.165, 1.54) is 0 Å². The minimum absolute atomic E-state index is 0.264. The molecule has 4 heteroatoms. The fourth-order valence-electron chi connectivity index (χ4n) is 2.32. The summed E-state index contributed by atoms with van der Waals surface area (Å²) in [5.74, 6) is 1.33. The van der Waals surface area contributed by atoms with Gasteiger partial charge < -0.3 is 10.8 Å². The van der Waals surface area contributed by atoms with Gasteiger partial charge in [0.2, 0.25) is 0 Å². The average Bonchev–Trinajstić information content (AvgIpc) is 2.74. The van der Waals surface area contributed by atoms with Gasteiger partial charge in [0.05, 0.1) is 5.69 Å². The Balaban J connectivity index is 2.70. The number of hydrogen-bond acceptors (Lipinski definition) is 3. The van der Waals surface area contributed by atoms with Crippen molar-refractivity contribution in [1.29, 1.82) is 0 Å². The topological polar surface area (TPSA) is 74.9 Å². The molecule has 0 aliphatic rings. The molecule has 19 heavy (non-hydrogen) atoms. The second kappa shape index (κ2) is 4.96. The Morgan fingerprint density at radius 2 is 1.68 bits per heavy atom. The Hall–Kier alpha value is -1.97. The van der Waals surface area contributed by atoms with Crippen molar-refractivity contribution in [2.45, 2.75) is 39.5 Å². The van der Waals surface area contributed by atoms with Crippen molar-refractivity contribution >= 4 is 5.82 Å². The average molecular weight is 259 g/mol. The van der Waals surface area contributed by atoms with Crippen LogP contribution in [-0.2, 0) is 0 Å². The Kier molecular flexibility index (Phi) is 3.51. The standard InChI is InChI=1S/C15H21N3O/c1-8(2)10-5-6-11(9(3)4)15(19)14(10)12-7-13(16)18-17-12/h5-9,19H,1-4H3,(H3,16,17,18). The minimum atomic E-state index is 0.264. The van der Waals surface area contributed by atoms with Crippen LogP contribution in [0.25, 0.3) is 11.3 Å². The third-order valence-corrected chi connectivity index (χ3v) is 3.35. The molecule has 0 saturated carbocycles. The highest BCUT2D eigenvalue weighted by Gasteiger charge is 2.19. The quantitative estimate of drug-likeness (QED) is 0.788. The lowest BCUT2D eigenvalue weighted by atomic mass is 9.89. The highest BCUT2D eigenvalue weighted by atomic mass is 16.3. The van der Waals surface area contributed by atoms with E-state index in [0.29, 0.717) is 17.5 Å². The van der Waals surface area contributed by atoms with E-state index in [2.05, 4.69) is 44.0 Å². The van der Waals surface area contributed by atoms with Gasteiger partial charge in [0.1, 0.15) is 11.6 Å². The monoisotopic (exact) mass is 259 g/mol. The van der Waals surface area contributed by atoms with E-state index in [1.807, 2.05) is 6.07 Å². The maximum atomic E-state index is 10.6. The van der Waals surface area contributed by atoms with Crippen LogP contribution in [-0.4, -0.2) is 15.3 Å². The first-order valence-electron chi connectivity index (χ1n) is 6.58. The number of aromatic hydroxyl groups is 1. The van der Waals surface area contributed by atoms with E-state index in [1.54, 1.807) is 6.07 Å². The number of anilines is 1. The molecular formula is C15H21N3O. The summed E-state index contributed by atoms with van der Waals surface area (Å²) in [6, 6.07) is 5.83. The summed E-state index contributed by atoms with van der Waals surface area (Å²) in [4.78, 5) is 0. The van der Waals surface area contributed by atoms with Crippen molar-refractivity contribution in [1.82, 2.24) is 10.2 Å². The zero-order valence-corrected chi connectivity index (χ0v) is 11.9. The normalized spacial score (nSPS) is 11.5. The summed E-state index contributed by atoms with van der Waals surface area (Å²) < 4.78 is 0. The zero-order chi connectivity index (χ0) is 14.2. The van der Waals surface area contributed by atoms with Crippen LogP contribution in [0, 0.1) is 0 Å². The minimum Gasteiger partial charge on any atom is -0.507 e. The van der Waals surface area contributed by atoms with Crippen LogP contribution in [0.15, 0.2) is 18.2 Å². The molecule has 1 aromatic carbocycles. The van der Waals surface area contributed by atoms with Gasteiger partial charge in [-0.2, -0.15) is 5.10 Å². The third-order valence-electron chi connectivity index (χ3n) is 3.35. The lowest BCUT2D eigenvalue weighted by molar-refractivity contribution is 0.465. The molecule has 4 nitrogen and oxygen atoms in total. The maximum Gasteiger partial charge on any atom is 0.145 e. The number of nitrogens with one attached hydrogen (secondary N) is 1. The molecule has 0 aliphatic carbocycles. The van der Waals surface area contributed by atoms with E-state index in [-0.39, 0.29) is 5.92 Å². The highest BCUT2D eigenvalue weighted by molar-refractivity contribution is 5.75. The Morgan fingerprint density at radius 1 is 1.11 bits per heavy atom. The summed E-state index contributed by atoms with van der Waals surface area (Å²) in [6.07, 6.45) is 0. The van der Waals surface area contributed by atoms with Gasteiger partial charge in [0.25, 0.3) is 0 Å². The lowest BCUT2D eigenvalue weighted by Gasteiger charge is -2.18. The summed E-state index contributed by atoms with van der Waals surface area (Å²) >= 11 is 0. The van der Waals surface area contributed by atoms with Crippen molar-refractivity contribution in [2.24, 2.45) is 0 Å². The Labute approximate surface area is 113 Å². The number of hydrogen-bond donors (Lipinski definition) is 3. The molecule has 2 rings (SSSR count). The maximum absolute atomic E-state index is 10.6. The van der Waals surface area contributed by atoms with E-state index in [9.17, 15) is 5.11 Å². The molecule has 0 spiro atoms. The lowest BCUT2D eigenvalue weighted by Crippen LogP contribution is -1.98. The first kappa shape index (κ1) is 13.5. The molecule has 0 aliphatic heterocycles. The second-order valence-corrected chi connectivity index (χ2v) is 5.48. The molecule has 2 aromatic rings. The van der Waals surface area contributed by atoms with Gasteiger partial charge in [-0.15, -0.1) is 0 Å². The van der Waals surface area contributed by atoms with Crippen molar-refractivity contribution in [2.75, 3.05) is 5.73 Å². The van der Waals surface area contributed by atoms with Crippen LogP contribution in [0.3, 0.4) is 0 Å². The van der Waals surface area contributed by atoms with Gasteiger partial charge in [-0.05, 0) is 23.0 Å². The van der Waals surface area contributed by atoms with Crippen molar-refractivity contribution in [3.63, 3.8) is 0 Å². The molecule has 1 aromatic heterocycles.